The Morgan fingerprint density at radius 1 is 1.04 bits per heavy atom. The van der Waals surface area contributed by atoms with E-state index in [-0.39, 0.29) is 11.7 Å². The molecule has 0 aliphatic carbocycles. The molecule has 0 bridgehead atoms. The highest BCUT2D eigenvalue weighted by atomic mass is 32.2. The van der Waals surface area contributed by atoms with Crippen molar-refractivity contribution in [3.8, 4) is 0 Å². The molecule has 1 aromatic heterocycles. The van der Waals surface area contributed by atoms with Crippen molar-refractivity contribution < 1.29 is 4.79 Å². The number of nitrogens with zero attached hydrogens (tertiary/aromatic N) is 2. The molecule has 1 heterocycles. The van der Waals surface area contributed by atoms with Gasteiger partial charge in [-0.25, -0.2) is 4.98 Å². The highest BCUT2D eigenvalue weighted by Gasteiger charge is 2.06. The molecule has 0 unspecified atom stereocenters. The number of aromatic amines is 1. The second kappa shape index (κ2) is 8.84. The van der Waals surface area contributed by atoms with E-state index in [4.69, 9.17) is 0 Å². The summed E-state index contributed by atoms with van der Waals surface area (Å²) in [5.74, 6) is 0.906. The fraction of sp³-hybridized carbons (Fsp3) is 0.105. The van der Waals surface area contributed by atoms with Crippen LogP contribution < -0.4 is 5.32 Å². The summed E-state index contributed by atoms with van der Waals surface area (Å²) >= 11 is 1.31. The molecule has 0 radical (unpaired) electrons. The van der Waals surface area contributed by atoms with Crippen molar-refractivity contribution in [1.82, 2.24) is 20.5 Å². The summed E-state index contributed by atoms with van der Waals surface area (Å²) in [4.78, 5) is 16.2. The molecule has 126 valence electrons. The Kier molecular flexibility index (Phi) is 6.01. The summed E-state index contributed by atoms with van der Waals surface area (Å²) in [6.07, 6.45) is 3.82. The number of aromatic nitrogens is 3. The average molecular weight is 350 g/mol. The molecule has 3 rings (SSSR count). The number of hydrogen-bond acceptors (Lipinski definition) is 4. The highest BCUT2D eigenvalue weighted by molar-refractivity contribution is 7.99. The second-order valence-electron chi connectivity index (χ2n) is 5.30. The molecule has 0 saturated carbocycles. The number of nitrogens with one attached hydrogen (secondary N) is 2. The molecule has 0 aliphatic rings. The van der Waals surface area contributed by atoms with Crippen LogP contribution in [0, 0.1) is 0 Å². The van der Waals surface area contributed by atoms with Gasteiger partial charge in [0.2, 0.25) is 11.1 Å². The minimum Gasteiger partial charge on any atom is -0.351 e. The first kappa shape index (κ1) is 17.0. The first-order valence-electron chi connectivity index (χ1n) is 7.88. The minimum atomic E-state index is -0.0416. The molecule has 5 nitrogen and oxygen atoms in total. The summed E-state index contributed by atoms with van der Waals surface area (Å²) in [6.45, 7) is 0.527. The zero-order chi connectivity index (χ0) is 17.3. The quantitative estimate of drug-likeness (QED) is 0.641. The van der Waals surface area contributed by atoms with Crippen LogP contribution in [0.3, 0.4) is 0 Å². The van der Waals surface area contributed by atoms with E-state index in [0.29, 0.717) is 17.5 Å². The number of carbonyl (C=O) groups is 1. The third-order valence-corrected chi connectivity index (χ3v) is 4.23. The molecule has 3 aromatic rings. The van der Waals surface area contributed by atoms with Gasteiger partial charge >= 0.3 is 0 Å². The average Bonchev–Trinajstić information content (AvgIpc) is 3.13. The highest BCUT2D eigenvalue weighted by Crippen LogP contribution is 2.13. The molecule has 0 atom stereocenters. The van der Waals surface area contributed by atoms with E-state index in [1.54, 1.807) is 0 Å². The maximum absolute atomic E-state index is 11.9. The lowest BCUT2D eigenvalue weighted by molar-refractivity contribution is -0.118. The topological polar surface area (TPSA) is 70.7 Å². The van der Waals surface area contributed by atoms with Gasteiger partial charge in [0.05, 0.1) is 5.75 Å². The standard InChI is InChI=1S/C19H18N4OS/c24-18(20-13-16-9-5-2-6-10-16)14-25-19-21-17(22-23-19)12-11-15-7-3-1-4-8-15/h1-12H,13-14H2,(H,20,24)(H,21,22,23)/b12-11+. The normalized spacial score (nSPS) is 10.9. The SMILES string of the molecule is O=C(CSc1n[nH]c(/C=C/c2ccccc2)n1)NCc1ccccc1. The third-order valence-electron chi connectivity index (χ3n) is 3.38. The van der Waals surface area contributed by atoms with Gasteiger partial charge in [0.15, 0.2) is 0 Å². The van der Waals surface area contributed by atoms with Crippen LogP contribution in [-0.2, 0) is 11.3 Å². The van der Waals surface area contributed by atoms with E-state index >= 15 is 0 Å². The number of benzene rings is 2. The van der Waals surface area contributed by atoms with Gasteiger partial charge in [0, 0.05) is 6.54 Å². The lowest BCUT2D eigenvalue weighted by atomic mass is 10.2. The van der Waals surface area contributed by atoms with Crippen molar-refractivity contribution in [2.24, 2.45) is 0 Å². The minimum absolute atomic E-state index is 0.0416. The van der Waals surface area contributed by atoms with Crippen molar-refractivity contribution in [3.05, 3.63) is 77.6 Å². The number of rotatable bonds is 7. The largest absolute Gasteiger partial charge is 0.351 e. The molecular weight excluding hydrogens is 332 g/mol. The van der Waals surface area contributed by atoms with Gasteiger partial charge in [-0.3, -0.25) is 9.89 Å². The molecule has 2 aromatic carbocycles. The van der Waals surface area contributed by atoms with Crippen LogP contribution in [0.25, 0.3) is 12.2 Å². The van der Waals surface area contributed by atoms with Crippen LogP contribution in [0.4, 0.5) is 0 Å². The Hall–Kier alpha value is -2.86. The summed E-state index contributed by atoms with van der Waals surface area (Å²) < 4.78 is 0. The number of thioether (sulfide) groups is 1. The van der Waals surface area contributed by atoms with E-state index in [1.165, 1.54) is 11.8 Å². The number of H-pyrrole nitrogens is 1. The molecule has 0 aliphatic heterocycles. The number of amides is 1. The fourth-order valence-electron chi connectivity index (χ4n) is 2.11. The monoisotopic (exact) mass is 350 g/mol. The van der Waals surface area contributed by atoms with Crippen LogP contribution >= 0.6 is 11.8 Å². The van der Waals surface area contributed by atoms with E-state index in [2.05, 4.69) is 20.5 Å². The lowest BCUT2D eigenvalue weighted by Crippen LogP contribution is -2.24. The van der Waals surface area contributed by atoms with Gasteiger partial charge in [-0.15, -0.1) is 5.10 Å². The second-order valence-corrected chi connectivity index (χ2v) is 6.24. The van der Waals surface area contributed by atoms with Gasteiger partial charge < -0.3 is 5.32 Å². The zero-order valence-electron chi connectivity index (χ0n) is 13.6. The Morgan fingerprint density at radius 2 is 1.76 bits per heavy atom. The Bertz CT molecular complexity index is 831. The lowest BCUT2D eigenvalue weighted by Gasteiger charge is -2.03. The molecule has 0 saturated heterocycles. The van der Waals surface area contributed by atoms with E-state index in [0.717, 1.165) is 11.1 Å². The van der Waals surface area contributed by atoms with E-state index in [1.807, 2.05) is 72.8 Å². The predicted octanol–water partition coefficient (Wildman–Crippen LogP) is 3.38. The molecule has 0 fully saturated rings. The number of carbonyl (C=O) groups excluding carboxylic acids is 1. The predicted molar refractivity (Wildman–Crippen MR) is 101 cm³/mol. The first-order valence-corrected chi connectivity index (χ1v) is 8.87. The fourth-order valence-corrected chi connectivity index (χ4v) is 2.75. The summed E-state index contributed by atoms with van der Waals surface area (Å²) in [5, 5.41) is 10.4. The Labute approximate surface area is 150 Å². The van der Waals surface area contributed by atoms with Crippen molar-refractivity contribution >= 4 is 29.8 Å². The van der Waals surface area contributed by atoms with Gasteiger partial charge in [0.25, 0.3) is 0 Å². The van der Waals surface area contributed by atoms with Crippen molar-refractivity contribution in [3.63, 3.8) is 0 Å². The summed E-state index contributed by atoms with van der Waals surface area (Å²) in [5.41, 5.74) is 2.17. The van der Waals surface area contributed by atoms with Crippen molar-refractivity contribution in [2.45, 2.75) is 11.7 Å². The zero-order valence-corrected chi connectivity index (χ0v) is 14.4. The summed E-state index contributed by atoms with van der Waals surface area (Å²) in [7, 11) is 0. The van der Waals surface area contributed by atoms with E-state index < -0.39 is 0 Å². The molecule has 6 heteroatoms. The van der Waals surface area contributed by atoms with Crippen LogP contribution in [-0.4, -0.2) is 26.8 Å². The van der Waals surface area contributed by atoms with Crippen LogP contribution in [0.2, 0.25) is 0 Å². The van der Waals surface area contributed by atoms with Crippen molar-refractivity contribution in [1.29, 1.82) is 0 Å². The van der Waals surface area contributed by atoms with Crippen LogP contribution in [0.15, 0.2) is 65.8 Å². The van der Waals surface area contributed by atoms with Gasteiger partial charge in [-0.2, -0.15) is 0 Å². The molecule has 25 heavy (non-hydrogen) atoms. The smallest absolute Gasteiger partial charge is 0.230 e. The van der Waals surface area contributed by atoms with Gasteiger partial charge in [0.1, 0.15) is 5.82 Å². The van der Waals surface area contributed by atoms with Gasteiger partial charge in [-0.05, 0) is 17.2 Å². The first-order chi connectivity index (χ1) is 12.3. The number of hydrogen-bond donors (Lipinski definition) is 2. The molecule has 0 spiro atoms. The Morgan fingerprint density at radius 3 is 2.52 bits per heavy atom. The molecular formula is C19H18N4OS. The van der Waals surface area contributed by atoms with Crippen molar-refractivity contribution in [2.75, 3.05) is 5.75 Å². The third kappa shape index (κ3) is 5.61. The molecule has 2 N–H and O–H groups in total. The summed E-state index contributed by atoms with van der Waals surface area (Å²) in [6, 6.07) is 19.8. The Balaban J connectivity index is 1.45. The van der Waals surface area contributed by atoms with Crippen LogP contribution in [0.1, 0.15) is 17.0 Å². The van der Waals surface area contributed by atoms with Crippen LogP contribution in [0.5, 0.6) is 0 Å². The maximum atomic E-state index is 11.9. The maximum Gasteiger partial charge on any atom is 0.230 e. The van der Waals surface area contributed by atoms with Gasteiger partial charge in [-0.1, -0.05) is 78.5 Å². The molecule has 1 amide bonds. The van der Waals surface area contributed by atoms with E-state index in [9.17, 15) is 4.79 Å².